The molecule has 9 heteroatoms. The van der Waals surface area contributed by atoms with Crippen molar-refractivity contribution in [2.75, 3.05) is 21.3 Å². The van der Waals surface area contributed by atoms with Crippen LogP contribution >= 0.6 is 0 Å². The number of hydrogen-bond donors (Lipinski definition) is 1. The van der Waals surface area contributed by atoms with Gasteiger partial charge in [-0.05, 0) is 35.2 Å². The molecule has 0 bridgehead atoms. The van der Waals surface area contributed by atoms with Gasteiger partial charge in [0.25, 0.3) is 5.91 Å². The van der Waals surface area contributed by atoms with Gasteiger partial charge in [0.05, 0.1) is 27.9 Å². The standard InChI is InChI=1S/C34H39N3O6/c1-23(2)17-30(36-43-22-24-11-7-6-8-12-24)33(38)37(21-25-15-16-27(40-3)19-32(25)41-4)31(34(39)42-5)18-26-20-35-29-14-10-9-13-28(26)29/h6-16,19-20,23,31,35H,17-18,21-22H2,1-5H3/t31-/m0/s1. The molecule has 0 aliphatic rings. The highest BCUT2D eigenvalue weighted by molar-refractivity contribution is 6.39. The molecule has 1 atom stereocenters. The van der Waals surface area contributed by atoms with Crippen molar-refractivity contribution in [1.29, 1.82) is 0 Å². The second kappa shape index (κ2) is 14.9. The highest BCUT2D eigenvalue weighted by Gasteiger charge is 2.35. The van der Waals surface area contributed by atoms with Crippen LogP contribution in [0.15, 0.2) is 84.1 Å². The Kier molecular flexibility index (Phi) is 10.8. The molecule has 0 saturated heterocycles. The molecule has 1 amide bonds. The second-order valence-electron chi connectivity index (χ2n) is 10.6. The zero-order chi connectivity index (χ0) is 30.8. The van der Waals surface area contributed by atoms with E-state index in [1.54, 1.807) is 26.4 Å². The summed E-state index contributed by atoms with van der Waals surface area (Å²) >= 11 is 0. The SMILES string of the molecule is COC(=O)[C@H](Cc1c[nH]c2ccccc12)N(Cc1ccc(OC)cc1OC)C(=O)C(CC(C)C)=NOCc1ccccc1. The number of oxime groups is 1. The smallest absolute Gasteiger partial charge is 0.328 e. The Bertz CT molecular complexity index is 1550. The molecular formula is C34H39N3O6. The number of carbonyl (C=O) groups excluding carboxylic acids is 2. The van der Waals surface area contributed by atoms with Crippen molar-refractivity contribution in [2.45, 2.75) is 45.9 Å². The maximum atomic E-state index is 14.4. The summed E-state index contributed by atoms with van der Waals surface area (Å²) in [6.07, 6.45) is 2.44. The minimum absolute atomic E-state index is 0.0594. The van der Waals surface area contributed by atoms with Crippen LogP contribution in [-0.2, 0) is 38.7 Å². The number of nitrogens with zero attached hydrogens (tertiary/aromatic N) is 2. The van der Waals surface area contributed by atoms with Gasteiger partial charge < -0.3 is 28.9 Å². The summed E-state index contributed by atoms with van der Waals surface area (Å²) in [4.78, 5) is 38.3. The fraction of sp³-hybridized carbons (Fsp3) is 0.324. The van der Waals surface area contributed by atoms with E-state index < -0.39 is 17.9 Å². The van der Waals surface area contributed by atoms with E-state index in [1.165, 1.54) is 12.0 Å². The number of ether oxygens (including phenoxy) is 3. The van der Waals surface area contributed by atoms with Crippen LogP contribution in [0.2, 0.25) is 0 Å². The van der Waals surface area contributed by atoms with E-state index in [0.717, 1.165) is 22.0 Å². The van der Waals surface area contributed by atoms with Crippen molar-refractivity contribution in [3.05, 3.63) is 95.7 Å². The Morgan fingerprint density at radius 2 is 1.65 bits per heavy atom. The van der Waals surface area contributed by atoms with Crippen LogP contribution in [0.4, 0.5) is 0 Å². The van der Waals surface area contributed by atoms with Crippen LogP contribution in [0.3, 0.4) is 0 Å². The average Bonchev–Trinajstić information content (AvgIpc) is 3.44. The zero-order valence-electron chi connectivity index (χ0n) is 25.3. The monoisotopic (exact) mass is 585 g/mol. The van der Waals surface area contributed by atoms with E-state index in [0.29, 0.717) is 23.5 Å². The lowest BCUT2D eigenvalue weighted by Gasteiger charge is -2.31. The number of nitrogens with one attached hydrogen (secondary N) is 1. The minimum atomic E-state index is -0.963. The Labute approximate surface area is 252 Å². The third-order valence-electron chi connectivity index (χ3n) is 7.13. The van der Waals surface area contributed by atoms with Crippen molar-refractivity contribution < 1.29 is 28.6 Å². The van der Waals surface area contributed by atoms with Crippen molar-refractivity contribution in [1.82, 2.24) is 9.88 Å². The summed E-state index contributed by atoms with van der Waals surface area (Å²) in [6.45, 7) is 4.27. The summed E-state index contributed by atoms with van der Waals surface area (Å²) < 4.78 is 16.3. The van der Waals surface area contributed by atoms with Crippen molar-refractivity contribution >= 4 is 28.5 Å². The zero-order valence-corrected chi connectivity index (χ0v) is 25.3. The second-order valence-corrected chi connectivity index (χ2v) is 10.6. The van der Waals surface area contributed by atoms with Gasteiger partial charge in [-0.25, -0.2) is 4.79 Å². The quantitative estimate of drug-likeness (QED) is 0.112. The number of carbonyl (C=O) groups is 2. The number of amides is 1. The molecule has 1 heterocycles. The van der Waals surface area contributed by atoms with Crippen LogP contribution in [0, 0.1) is 5.92 Å². The topological polar surface area (TPSA) is 102 Å². The van der Waals surface area contributed by atoms with Crippen LogP contribution < -0.4 is 9.47 Å². The lowest BCUT2D eigenvalue weighted by atomic mass is 10.00. The number of fused-ring (bicyclic) bond motifs is 1. The highest BCUT2D eigenvalue weighted by atomic mass is 16.6. The Balaban J connectivity index is 1.76. The van der Waals surface area contributed by atoms with Gasteiger partial charge in [0.2, 0.25) is 0 Å². The molecule has 0 radical (unpaired) electrons. The predicted octanol–water partition coefficient (Wildman–Crippen LogP) is 5.92. The maximum absolute atomic E-state index is 14.4. The number of H-pyrrole nitrogens is 1. The Morgan fingerprint density at radius 3 is 2.35 bits per heavy atom. The normalized spacial score (nSPS) is 12.2. The first kappa shape index (κ1) is 31.2. The number of aromatic nitrogens is 1. The van der Waals surface area contributed by atoms with E-state index in [4.69, 9.17) is 19.0 Å². The summed E-state index contributed by atoms with van der Waals surface area (Å²) in [6, 6.07) is 21.8. The van der Waals surface area contributed by atoms with Gasteiger partial charge in [-0.1, -0.05) is 67.5 Å². The molecule has 3 aromatic carbocycles. The molecule has 226 valence electrons. The molecule has 43 heavy (non-hydrogen) atoms. The van der Waals surface area contributed by atoms with Crippen LogP contribution in [0.25, 0.3) is 10.9 Å². The lowest BCUT2D eigenvalue weighted by Crippen LogP contribution is -2.49. The molecule has 1 N–H and O–H groups in total. The average molecular weight is 586 g/mol. The van der Waals surface area contributed by atoms with Gasteiger partial charge >= 0.3 is 5.97 Å². The number of para-hydroxylation sites is 1. The van der Waals surface area contributed by atoms with Crippen molar-refractivity contribution in [3.8, 4) is 11.5 Å². The number of benzene rings is 3. The Morgan fingerprint density at radius 1 is 0.907 bits per heavy atom. The molecule has 0 aliphatic carbocycles. The van der Waals surface area contributed by atoms with Gasteiger partial charge in [-0.3, -0.25) is 4.79 Å². The van der Waals surface area contributed by atoms with Gasteiger partial charge in [0.1, 0.15) is 29.9 Å². The molecular weight excluding hydrogens is 546 g/mol. The lowest BCUT2D eigenvalue weighted by molar-refractivity contribution is -0.151. The Hall–Kier alpha value is -4.79. The molecule has 0 saturated carbocycles. The van der Waals surface area contributed by atoms with Gasteiger partial charge in [0.15, 0.2) is 0 Å². The van der Waals surface area contributed by atoms with Crippen LogP contribution in [0.5, 0.6) is 11.5 Å². The van der Waals surface area contributed by atoms with E-state index in [-0.39, 0.29) is 31.2 Å². The number of methoxy groups -OCH3 is 3. The van der Waals surface area contributed by atoms with Crippen LogP contribution in [0.1, 0.15) is 37.0 Å². The fourth-order valence-electron chi connectivity index (χ4n) is 4.93. The summed E-state index contributed by atoms with van der Waals surface area (Å²) in [5.74, 6) is 0.273. The van der Waals surface area contributed by atoms with E-state index in [2.05, 4.69) is 10.1 Å². The summed E-state index contributed by atoms with van der Waals surface area (Å²) in [5.41, 5.74) is 3.65. The minimum Gasteiger partial charge on any atom is -0.497 e. The summed E-state index contributed by atoms with van der Waals surface area (Å²) in [5, 5.41) is 5.29. The predicted molar refractivity (Wildman–Crippen MR) is 166 cm³/mol. The van der Waals surface area contributed by atoms with Crippen molar-refractivity contribution in [2.24, 2.45) is 11.1 Å². The molecule has 0 fully saturated rings. The molecule has 4 aromatic rings. The van der Waals surface area contributed by atoms with Gasteiger partial charge in [-0.2, -0.15) is 0 Å². The molecule has 9 nitrogen and oxygen atoms in total. The first-order valence-electron chi connectivity index (χ1n) is 14.2. The molecule has 0 unspecified atom stereocenters. The molecule has 0 aliphatic heterocycles. The van der Waals surface area contributed by atoms with E-state index in [9.17, 15) is 9.59 Å². The number of hydrogen-bond acceptors (Lipinski definition) is 7. The molecule has 0 spiro atoms. The number of rotatable bonds is 14. The van der Waals surface area contributed by atoms with Crippen molar-refractivity contribution in [3.63, 3.8) is 0 Å². The van der Waals surface area contributed by atoms with E-state index >= 15 is 0 Å². The largest absolute Gasteiger partial charge is 0.497 e. The highest BCUT2D eigenvalue weighted by Crippen LogP contribution is 2.28. The fourth-order valence-corrected chi connectivity index (χ4v) is 4.93. The third-order valence-corrected chi connectivity index (χ3v) is 7.13. The van der Waals surface area contributed by atoms with Gasteiger partial charge in [-0.15, -0.1) is 0 Å². The number of esters is 1. The first-order chi connectivity index (χ1) is 20.8. The third kappa shape index (κ3) is 7.94. The van der Waals surface area contributed by atoms with E-state index in [1.807, 2.05) is 80.7 Å². The molecule has 4 rings (SSSR count). The van der Waals surface area contributed by atoms with Crippen LogP contribution in [-0.4, -0.2) is 54.8 Å². The molecule has 1 aromatic heterocycles. The first-order valence-corrected chi connectivity index (χ1v) is 14.2. The number of aromatic amines is 1. The summed E-state index contributed by atoms with van der Waals surface area (Å²) in [7, 11) is 4.45. The maximum Gasteiger partial charge on any atom is 0.328 e. The van der Waals surface area contributed by atoms with Gasteiger partial charge in [0, 0.05) is 41.6 Å².